The van der Waals surface area contributed by atoms with E-state index < -0.39 is 6.10 Å². The maximum atomic E-state index is 12.8. The summed E-state index contributed by atoms with van der Waals surface area (Å²) in [6.07, 6.45) is 1.50. The molecule has 2 N–H and O–H groups in total. The van der Waals surface area contributed by atoms with Crippen molar-refractivity contribution in [3.05, 3.63) is 59.9 Å². The molecular weight excluding hydrogens is 321 g/mol. The highest BCUT2D eigenvalue weighted by Crippen LogP contribution is 2.29. The van der Waals surface area contributed by atoms with E-state index >= 15 is 0 Å². The second-order valence-corrected chi connectivity index (χ2v) is 6.59. The second-order valence-electron chi connectivity index (χ2n) is 6.59. The van der Waals surface area contributed by atoms with Crippen LogP contribution in [0.1, 0.15) is 24.3 Å². The number of ether oxygens (including phenoxy) is 1. The third-order valence-electron chi connectivity index (χ3n) is 4.68. The maximum absolute atomic E-state index is 12.8. The van der Waals surface area contributed by atoms with E-state index in [-0.39, 0.29) is 12.4 Å². The number of aliphatic hydroxyl groups excluding tert-OH is 1. The first-order valence-electron chi connectivity index (χ1n) is 8.68. The van der Waals surface area contributed by atoms with Crippen molar-refractivity contribution in [2.45, 2.75) is 24.9 Å². The molecule has 0 radical (unpaired) electrons. The van der Waals surface area contributed by atoms with Crippen molar-refractivity contribution in [3.8, 4) is 11.5 Å². The molecule has 1 saturated heterocycles. The van der Waals surface area contributed by atoms with Crippen molar-refractivity contribution in [1.29, 1.82) is 0 Å². The number of phenols is 1. The van der Waals surface area contributed by atoms with Gasteiger partial charge >= 0.3 is 0 Å². The Hall–Kier alpha value is -2.11. The number of β-amino-alcohol motifs (C(OH)–C–C–N with tert-alkyl or cyclic N) is 1. The van der Waals surface area contributed by atoms with Gasteiger partial charge in [-0.05, 0) is 73.8 Å². The Labute approximate surface area is 147 Å². The number of rotatable bonds is 6. The zero-order valence-corrected chi connectivity index (χ0v) is 14.1. The lowest BCUT2D eigenvalue weighted by atomic mass is 9.89. The average molecular weight is 345 g/mol. The summed E-state index contributed by atoms with van der Waals surface area (Å²) >= 11 is 0. The number of benzene rings is 2. The van der Waals surface area contributed by atoms with Gasteiger partial charge in [0.15, 0.2) is 0 Å². The van der Waals surface area contributed by atoms with Gasteiger partial charge in [0.2, 0.25) is 0 Å². The van der Waals surface area contributed by atoms with Crippen molar-refractivity contribution in [3.63, 3.8) is 0 Å². The number of aromatic hydroxyl groups is 1. The lowest BCUT2D eigenvalue weighted by Gasteiger charge is -2.33. The van der Waals surface area contributed by atoms with Crippen LogP contribution < -0.4 is 4.74 Å². The fourth-order valence-electron chi connectivity index (χ4n) is 3.27. The Balaban J connectivity index is 1.40. The van der Waals surface area contributed by atoms with Crippen molar-refractivity contribution < 1.29 is 19.3 Å². The molecule has 0 aliphatic carbocycles. The molecule has 1 aliphatic rings. The van der Waals surface area contributed by atoms with Crippen molar-refractivity contribution in [2.24, 2.45) is 0 Å². The number of aliphatic hydroxyl groups is 1. The first-order valence-corrected chi connectivity index (χ1v) is 8.68. The van der Waals surface area contributed by atoms with Gasteiger partial charge in [0, 0.05) is 6.54 Å². The Kier molecular flexibility index (Phi) is 5.89. The third kappa shape index (κ3) is 5.18. The summed E-state index contributed by atoms with van der Waals surface area (Å²) in [6.45, 7) is 2.63. The highest BCUT2D eigenvalue weighted by atomic mass is 19.1. The van der Waals surface area contributed by atoms with Crippen molar-refractivity contribution >= 4 is 0 Å². The molecule has 0 amide bonds. The van der Waals surface area contributed by atoms with Crippen LogP contribution in [0.4, 0.5) is 4.39 Å². The number of phenolic OH excluding ortho intramolecular Hbond substituents is 1. The van der Waals surface area contributed by atoms with Crippen LogP contribution in [0.2, 0.25) is 0 Å². The molecule has 5 heteroatoms. The lowest BCUT2D eigenvalue weighted by molar-refractivity contribution is 0.0594. The molecule has 1 atom stereocenters. The summed E-state index contributed by atoms with van der Waals surface area (Å²) in [5, 5.41) is 19.5. The smallest absolute Gasteiger partial charge is 0.123 e. The molecule has 134 valence electrons. The largest absolute Gasteiger partial charge is 0.508 e. The van der Waals surface area contributed by atoms with E-state index in [1.54, 1.807) is 24.3 Å². The van der Waals surface area contributed by atoms with E-state index in [0.29, 0.717) is 24.0 Å². The SMILES string of the molecule is Oc1ccc(C2CCN(CC(O)COc3ccc(F)cc3)CC2)cc1. The molecule has 1 aliphatic heterocycles. The van der Waals surface area contributed by atoms with Crippen LogP contribution in [0.25, 0.3) is 0 Å². The molecule has 0 bridgehead atoms. The highest BCUT2D eigenvalue weighted by molar-refractivity contribution is 5.28. The third-order valence-corrected chi connectivity index (χ3v) is 4.68. The fourth-order valence-corrected chi connectivity index (χ4v) is 3.27. The normalized spacial score (nSPS) is 17.4. The van der Waals surface area contributed by atoms with Crippen LogP contribution in [0, 0.1) is 5.82 Å². The molecule has 4 nitrogen and oxygen atoms in total. The fraction of sp³-hybridized carbons (Fsp3) is 0.400. The molecule has 1 unspecified atom stereocenters. The maximum Gasteiger partial charge on any atom is 0.123 e. The summed E-state index contributed by atoms with van der Waals surface area (Å²) in [4.78, 5) is 2.25. The standard InChI is InChI=1S/C20H24FNO3/c21-17-3-7-20(8-4-17)25-14-19(24)13-22-11-9-16(10-12-22)15-1-5-18(23)6-2-15/h1-8,16,19,23-24H,9-14H2. The summed E-state index contributed by atoms with van der Waals surface area (Å²) in [6, 6.07) is 13.3. The van der Waals surface area contributed by atoms with Crippen molar-refractivity contribution in [2.75, 3.05) is 26.2 Å². The van der Waals surface area contributed by atoms with Crippen molar-refractivity contribution in [1.82, 2.24) is 4.90 Å². The van der Waals surface area contributed by atoms with E-state index in [2.05, 4.69) is 4.90 Å². The molecule has 25 heavy (non-hydrogen) atoms. The van der Waals surface area contributed by atoms with Gasteiger partial charge in [-0.3, -0.25) is 0 Å². The first-order chi connectivity index (χ1) is 12.1. The minimum atomic E-state index is -0.574. The van der Waals surface area contributed by atoms with Gasteiger partial charge in [0.05, 0.1) is 0 Å². The van der Waals surface area contributed by atoms with Gasteiger partial charge in [0.25, 0.3) is 0 Å². The summed E-state index contributed by atoms with van der Waals surface area (Å²) < 4.78 is 18.3. The number of hydrogen-bond acceptors (Lipinski definition) is 4. The van der Waals surface area contributed by atoms with Gasteiger partial charge in [-0.2, -0.15) is 0 Å². The number of likely N-dealkylation sites (tertiary alicyclic amines) is 1. The molecule has 3 rings (SSSR count). The van der Waals surface area contributed by atoms with Crippen LogP contribution in [0.5, 0.6) is 11.5 Å². The number of hydrogen-bond donors (Lipinski definition) is 2. The Morgan fingerprint density at radius 1 is 1.04 bits per heavy atom. The number of halogens is 1. The van der Waals surface area contributed by atoms with Gasteiger partial charge in [-0.25, -0.2) is 4.39 Å². The Morgan fingerprint density at radius 2 is 1.68 bits per heavy atom. The summed E-state index contributed by atoms with van der Waals surface area (Å²) in [7, 11) is 0. The number of piperidine rings is 1. The molecule has 1 fully saturated rings. The molecule has 2 aromatic rings. The first kappa shape index (κ1) is 17.7. The average Bonchev–Trinajstić information content (AvgIpc) is 2.63. The molecular formula is C20H24FNO3. The molecule has 1 heterocycles. The monoisotopic (exact) mass is 345 g/mol. The second kappa shape index (κ2) is 8.32. The molecule has 0 saturated carbocycles. The van der Waals surface area contributed by atoms with Gasteiger partial charge in [-0.1, -0.05) is 12.1 Å². The zero-order valence-electron chi connectivity index (χ0n) is 14.1. The van der Waals surface area contributed by atoms with Crippen LogP contribution in [-0.2, 0) is 0 Å². The van der Waals surface area contributed by atoms with Gasteiger partial charge in [-0.15, -0.1) is 0 Å². The zero-order chi connectivity index (χ0) is 17.6. The quantitative estimate of drug-likeness (QED) is 0.844. The van der Waals surface area contributed by atoms with E-state index in [0.717, 1.165) is 25.9 Å². The van der Waals surface area contributed by atoms with Crippen LogP contribution in [0.3, 0.4) is 0 Å². The summed E-state index contributed by atoms with van der Waals surface area (Å²) in [5.74, 6) is 1.06. The highest BCUT2D eigenvalue weighted by Gasteiger charge is 2.22. The minimum absolute atomic E-state index is 0.198. The Morgan fingerprint density at radius 3 is 2.32 bits per heavy atom. The van der Waals surface area contributed by atoms with Crippen LogP contribution >= 0.6 is 0 Å². The van der Waals surface area contributed by atoms with E-state index in [1.165, 1.54) is 17.7 Å². The van der Waals surface area contributed by atoms with Gasteiger partial charge < -0.3 is 19.8 Å². The molecule has 0 spiro atoms. The van der Waals surface area contributed by atoms with E-state index in [1.807, 2.05) is 12.1 Å². The molecule has 0 aromatic heterocycles. The molecule has 2 aromatic carbocycles. The minimum Gasteiger partial charge on any atom is -0.508 e. The topological polar surface area (TPSA) is 52.9 Å². The predicted molar refractivity (Wildman–Crippen MR) is 94.4 cm³/mol. The summed E-state index contributed by atoms with van der Waals surface area (Å²) in [5.41, 5.74) is 1.26. The predicted octanol–water partition coefficient (Wildman–Crippen LogP) is 3.15. The Bertz CT molecular complexity index is 652. The van der Waals surface area contributed by atoms with E-state index in [4.69, 9.17) is 4.74 Å². The lowest BCUT2D eigenvalue weighted by Crippen LogP contribution is -2.40. The van der Waals surface area contributed by atoms with Crippen LogP contribution in [-0.4, -0.2) is 47.5 Å². The van der Waals surface area contributed by atoms with Crippen LogP contribution in [0.15, 0.2) is 48.5 Å². The number of nitrogens with zero attached hydrogens (tertiary/aromatic N) is 1. The van der Waals surface area contributed by atoms with E-state index in [9.17, 15) is 14.6 Å². The van der Waals surface area contributed by atoms with Gasteiger partial charge in [0.1, 0.15) is 30.0 Å².